The Morgan fingerprint density at radius 3 is 2.81 bits per heavy atom. The fraction of sp³-hybridized carbons (Fsp3) is 0.636. The highest BCUT2D eigenvalue weighted by atomic mass is 32.2. The zero-order valence-electron chi connectivity index (χ0n) is 10.1. The van der Waals surface area contributed by atoms with Crippen LogP contribution in [-0.4, -0.2) is 22.8 Å². The third-order valence-corrected chi connectivity index (χ3v) is 2.93. The van der Waals surface area contributed by atoms with Gasteiger partial charge in [-0.05, 0) is 18.1 Å². The summed E-state index contributed by atoms with van der Waals surface area (Å²) in [5.41, 5.74) is 5.70. The van der Waals surface area contributed by atoms with Gasteiger partial charge in [-0.15, -0.1) is 11.8 Å². The van der Waals surface area contributed by atoms with Crippen molar-refractivity contribution in [2.24, 2.45) is 5.92 Å². The van der Waals surface area contributed by atoms with Gasteiger partial charge in [0.15, 0.2) is 5.82 Å². The van der Waals surface area contributed by atoms with Crippen LogP contribution in [-0.2, 0) is 11.3 Å². The van der Waals surface area contributed by atoms with E-state index in [2.05, 4.69) is 23.8 Å². The minimum absolute atomic E-state index is 0.406. The van der Waals surface area contributed by atoms with Gasteiger partial charge in [0.25, 0.3) is 0 Å². The number of ether oxygens (including phenoxy) is 1. The average molecular weight is 241 g/mol. The molecule has 0 aliphatic rings. The number of hydrogen-bond donors (Lipinski definition) is 1. The highest BCUT2D eigenvalue weighted by Crippen LogP contribution is 2.20. The van der Waals surface area contributed by atoms with Crippen LogP contribution in [0.25, 0.3) is 0 Å². The van der Waals surface area contributed by atoms with E-state index in [1.54, 1.807) is 18.9 Å². The number of nitrogen functional groups attached to an aromatic ring is 1. The van der Waals surface area contributed by atoms with Gasteiger partial charge in [-0.3, -0.25) is 0 Å². The quantitative estimate of drug-likeness (QED) is 0.612. The van der Waals surface area contributed by atoms with Crippen molar-refractivity contribution < 1.29 is 4.74 Å². The van der Waals surface area contributed by atoms with Crippen molar-refractivity contribution in [2.45, 2.75) is 31.9 Å². The summed E-state index contributed by atoms with van der Waals surface area (Å²) >= 11 is 1.72. The van der Waals surface area contributed by atoms with Gasteiger partial charge in [-0.2, -0.15) is 0 Å². The summed E-state index contributed by atoms with van der Waals surface area (Å²) in [5, 5.41) is 0.931. The highest BCUT2D eigenvalue weighted by Gasteiger charge is 2.03. The van der Waals surface area contributed by atoms with Crippen molar-refractivity contribution in [3.63, 3.8) is 0 Å². The largest absolute Gasteiger partial charge is 0.384 e. The first-order valence-corrected chi connectivity index (χ1v) is 6.35. The maximum absolute atomic E-state index is 5.70. The molecule has 90 valence electrons. The molecule has 1 aromatic rings. The molecular formula is C11H19N3OS. The SMILES string of the molecule is COCc1nc(N)cc(SCCC(C)C)n1. The lowest BCUT2D eigenvalue weighted by molar-refractivity contribution is 0.177. The number of hydrogen-bond acceptors (Lipinski definition) is 5. The molecule has 0 aliphatic carbocycles. The molecule has 0 aromatic carbocycles. The van der Waals surface area contributed by atoms with Crippen molar-refractivity contribution >= 4 is 17.6 Å². The fourth-order valence-corrected chi connectivity index (χ4v) is 2.33. The van der Waals surface area contributed by atoms with Crippen molar-refractivity contribution in [1.29, 1.82) is 0 Å². The second-order valence-corrected chi connectivity index (χ2v) is 5.13. The second kappa shape index (κ2) is 6.70. The molecule has 0 atom stereocenters. The molecule has 5 heteroatoms. The third-order valence-electron chi connectivity index (χ3n) is 1.99. The van der Waals surface area contributed by atoms with E-state index in [1.807, 2.05) is 6.07 Å². The first kappa shape index (κ1) is 13.3. The Balaban J connectivity index is 2.58. The Morgan fingerprint density at radius 2 is 2.19 bits per heavy atom. The molecule has 0 aliphatic heterocycles. The first-order chi connectivity index (χ1) is 7.61. The summed E-state index contributed by atoms with van der Waals surface area (Å²) in [6.45, 7) is 4.83. The van der Waals surface area contributed by atoms with E-state index in [4.69, 9.17) is 10.5 Å². The van der Waals surface area contributed by atoms with Gasteiger partial charge >= 0.3 is 0 Å². The number of thioether (sulfide) groups is 1. The lowest BCUT2D eigenvalue weighted by atomic mass is 10.2. The molecule has 4 nitrogen and oxygen atoms in total. The summed E-state index contributed by atoms with van der Waals surface area (Å²) in [5.74, 6) is 2.93. The molecule has 0 radical (unpaired) electrons. The minimum Gasteiger partial charge on any atom is -0.384 e. The summed E-state index contributed by atoms with van der Waals surface area (Å²) < 4.78 is 4.99. The van der Waals surface area contributed by atoms with Crippen molar-refractivity contribution in [3.8, 4) is 0 Å². The zero-order valence-corrected chi connectivity index (χ0v) is 10.9. The van der Waals surface area contributed by atoms with E-state index in [1.165, 1.54) is 6.42 Å². The number of rotatable bonds is 6. The average Bonchev–Trinajstić information content (AvgIpc) is 2.16. The van der Waals surface area contributed by atoms with Gasteiger partial charge in [-0.1, -0.05) is 13.8 Å². The zero-order chi connectivity index (χ0) is 12.0. The summed E-state index contributed by atoms with van der Waals surface area (Å²) in [6.07, 6.45) is 1.17. The van der Waals surface area contributed by atoms with Gasteiger partial charge in [-0.25, -0.2) is 9.97 Å². The summed E-state index contributed by atoms with van der Waals surface area (Å²) in [6, 6.07) is 1.81. The van der Waals surface area contributed by atoms with E-state index in [0.717, 1.165) is 10.8 Å². The Kier molecular flexibility index (Phi) is 5.55. The smallest absolute Gasteiger partial charge is 0.157 e. The van der Waals surface area contributed by atoms with Gasteiger partial charge in [0.1, 0.15) is 17.5 Å². The Hall–Kier alpha value is -0.810. The molecule has 0 spiro atoms. The molecule has 0 unspecified atom stereocenters. The molecular weight excluding hydrogens is 222 g/mol. The van der Waals surface area contributed by atoms with Crippen LogP contribution < -0.4 is 5.73 Å². The monoisotopic (exact) mass is 241 g/mol. The maximum Gasteiger partial charge on any atom is 0.157 e. The van der Waals surface area contributed by atoms with Crippen molar-refractivity contribution in [2.75, 3.05) is 18.6 Å². The predicted octanol–water partition coefficient (Wildman–Crippen LogP) is 2.34. The Morgan fingerprint density at radius 1 is 1.44 bits per heavy atom. The molecule has 1 rings (SSSR count). The fourth-order valence-electron chi connectivity index (χ4n) is 1.16. The van der Waals surface area contributed by atoms with E-state index >= 15 is 0 Å². The predicted molar refractivity (Wildman–Crippen MR) is 67.3 cm³/mol. The van der Waals surface area contributed by atoms with Crippen LogP contribution in [0.3, 0.4) is 0 Å². The van der Waals surface area contributed by atoms with Gasteiger partial charge in [0.2, 0.25) is 0 Å². The number of nitrogens with zero attached hydrogens (tertiary/aromatic N) is 2. The topological polar surface area (TPSA) is 61.0 Å². The molecule has 0 amide bonds. The number of nitrogens with two attached hydrogens (primary N) is 1. The van der Waals surface area contributed by atoms with Gasteiger partial charge in [0.05, 0.1) is 0 Å². The van der Waals surface area contributed by atoms with Crippen LogP contribution in [0.1, 0.15) is 26.1 Å². The van der Waals surface area contributed by atoms with E-state index < -0.39 is 0 Å². The lowest BCUT2D eigenvalue weighted by Gasteiger charge is -2.06. The molecule has 1 heterocycles. The molecule has 0 bridgehead atoms. The number of aromatic nitrogens is 2. The van der Waals surface area contributed by atoms with Crippen LogP contribution in [0, 0.1) is 5.92 Å². The Bertz CT molecular complexity index is 331. The molecule has 0 saturated carbocycles. The lowest BCUT2D eigenvalue weighted by Crippen LogP contribution is -2.02. The highest BCUT2D eigenvalue weighted by molar-refractivity contribution is 7.99. The van der Waals surface area contributed by atoms with Gasteiger partial charge in [0, 0.05) is 13.2 Å². The minimum atomic E-state index is 0.406. The molecule has 0 fully saturated rings. The molecule has 1 aromatic heterocycles. The standard InChI is InChI=1S/C11H19N3OS/c1-8(2)4-5-16-11-6-9(12)13-10(14-11)7-15-3/h6,8H,4-5,7H2,1-3H3,(H2,12,13,14). The first-order valence-electron chi connectivity index (χ1n) is 5.37. The normalized spacial score (nSPS) is 11.0. The van der Waals surface area contributed by atoms with Crippen molar-refractivity contribution in [1.82, 2.24) is 9.97 Å². The third kappa shape index (κ3) is 4.81. The van der Waals surface area contributed by atoms with E-state index in [0.29, 0.717) is 24.2 Å². The van der Waals surface area contributed by atoms with Crippen LogP contribution >= 0.6 is 11.8 Å². The van der Waals surface area contributed by atoms with Crippen LogP contribution in [0.4, 0.5) is 5.82 Å². The molecule has 0 saturated heterocycles. The molecule has 16 heavy (non-hydrogen) atoms. The molecule has 2 N–H and O–H groups in total. The number of methoxy groups -OCH3 is 1. The summed E-state index contributed by atoms with van der Waals surface area (Å²) in [7, 11) is 1.62. The summed E-state index contributed by atoms with van der Waals surface area (Å²) in [4.78, 5) is 8.46. The van der Waals surface area contributed by atoms with Gasteiger partial charge < -0.3 is 10.5 Å². The van der Waals surface area contributed by atoms with Crippen molar-refractivity contribution in [3.05, 3.63) is 11.9 Å². The van der Waals surface area contributed by atoms with E-state index in [-0.39, 0.29) is 0 Å². The Labute approximate surface area is 101 Å². The maximum atomic E-state index is 5.70. The van der Waals surface area contributed by atoms with Crippen LogP contribution in [0.15, 0.2) is 11.1 Å². The van der Waals surface area contributed by atoms with E-state index in [9.17, 15) is 0 Å². The number of anilines is 1. The van der Waals surface area contributed by atoms with Crippen LogP contribution in [0.5, 0.6) is 0 Å². The van der Waals surface area contributed by atoms with Crippen LogP contribution in [0.2, 0.25) is 0 Å². The second-order valence-electron chi connectivity index (χ2n) is 4.01.